The minimum Gasteiger partial charge on any atom is -0.346 e. The standard InChI is InChI=1S/C17H14ClF3N2O/c1-11(13-6-8-22-9-7-13)23-16(24)5-3-12-2-4-15(18)14(10-12)17(19,20)21/h2-11H,1H3,(H,23,24)/b5-3+. The van der Waals surface area contributed by atoms with E-state index in [4.69, 9.17) is 11.6 Å². The van der Waals surface area contributed by atoms with Crippen LogP contribution < -0.4 is 5.32 Å². The Morgan fingerprint density at radius 2 is 1.92 bits per heavy atom. The Hall–Kier alpha value is -2.34. The summed E-state index contributed by atoms with van der Waals surface area (Å²) in [6.45, 7) is 1.80. The summed E-state index contributed by atoms with van der Waals surface area (Å²) >= 11 is 5.55. The number of benzene rings is 1. The van der Waals surface area contributed by atoms with E-state index in [1.165, 1.54) is 18.2 Å². The number of carbonyl (C=O) groups excluding carboxylic acids is 1. The maximum Gasteiger partial charge on any atom is 0.417 e. The number of aromatic nitrogens is 1. The number of hydrogen-bond donors (Lipinski definition) is 1. The van der Waals surface area contributed by atoms with Crippen LogP contribution in [0, 0.1) is 0 Å². The van der Waals surface area contributed by atoms with Gasteiger partial charge in [-0.3, -0.25) is 9.78 Å². The summed E-state index contributed by atoms with van der Waals surface area (Å²) in [4.78, 5) is 15.8. The molecule has 1 amide bonds. The molecule has 2 aromatic rings. The molecule has 0 bridgehead atoms. The van der Waals surface area contributed by atoms with Crippen molar-refractivity contribution in [2.24, 2.45) is 0 Å². The van der Waals surface area contributed by atoms with Crippen molar-refractivity contribution in [3.05, 3.63) is 70.5 Å². The van der Waals surface area contributed by atoms with E-state index in [1.807, 2.05) is 0 Å². The fourth-order valence-corrected chi connectivity index (χ4v) is 2.26. The van der Waals surface area contributed by atoms with Crippen LogP contribution in [0.3, 0.4) is 0 Å². The predicted octanol–water partition coefficient (Wildman–Crippen LogP) is 4.64. The van der Waals surface area contributed by atoms with Crippen molar-refractivity contribution in [1.29, 1.82) is 0 Å². The van der Waals surface area contributed by atoms with Gasteiger partial charge in [-0.25, -0.2) is 0 Å². The molecule has 126 valence electrons. The van der Waals surface area contributed by atoms with E-state index in [-0.39, 0.29) is 16.6 Å². The Balaban J connectivity index is 2.07. The lowest BCUT2D eigenvalue weighted by Gasteiger charge is -2.12. The summed E-state index contributed by atoms with van der Waals surface area (Å²) in [6, 6.07) is 6.75. The van der Waals surface area contributed by atoms with Gasteiger partial charge in [0.25, 0.3) is 0 Å². The second kappa shape index (κ2) is 7.49. The molecule has 1 N–H and O–H groups in total. The van der Waals surface area contributed by atoms with Gasteiger partial charge in [0.15, 0.2) is 0 Å². The van der Waals surface area contributed by atoms with Crippen molar-refractivity contribution in [1.82, 2.24) is 10.3 Å². The maximum absolute atomic E-state index is 12.8. The number of hydrogen-bond acceptors (Lipinski definition) is 2. The lowest BCUT2D eigenvalue weighted by Crippen LogP contribution is -2.24. The van der Waals surface area contributed by atoms with Gasteiger partial charge in [-0.1, -0.05) is 17.7 Å². The van der Waals surface area contributed by atoms with E-state index in [9.17, 15) is 18.0 Å². The zero-order valence-corrected chi connectivity index (χ0v) is 13.4. The normalized spacial score (nSPS) is 13.0. The van der Waals surface area contributed by atoms with Gasteiger partial charge in [0.1, 0.15) is 0 Å². The van der Waals surface area contributed by atoms with E-state index in [2.05, 4.69) is 10.3 Å². The molecule has 0 saturated carbocycles. The number of carbonyl (C=O) groups is 1. The SMILES string of the molecule is CC(NC(=O)/C=C/c1ccc(Cl)c(C(F)(F)F)c1)c1ccncc1. The Labute approximate surface area is 142 Å². The molecule has 0 aliphatic heterocycles. The van der Waals surface area contributed by atoms with Gasteiger partial charge in [0.05, 0.1) is 16.6 Å². The molecule has 1 heterocycles. The summed E-state index contributed by atoms with van der Waals surface area (Å²) in [5, 5.41) is 2.34. The van der Waals surface area contributed by atoms with Crippen LogP contribution in [-0.2, 0) is 11.0 Å². The van der Waals surface area contributed by atoms with Crippen LogP contribution in [0.4, 0.5) is 13.2 Å². The highest BCUT2D eigenvalue weighted by Crippen LogP contribution is 2.35. The fourth-order valence-electron chi connectivity index (χ4n) is 2.03. The van der Waals surface area contributed by atoms with Gasteiger partial charge in [-0.15, -0.1) is 0 Å². The predicted molar refractivity (Wildman–Crippen MR) is 86.3 cm³/mol. The first kappa shape index (κ1) is 18.0. The van der Waals surface area contributed by atoms with Crippen molar-refractivity contribution >= 4 is 23.6 Å². The minimum absolute atomic E-state index is 0.235. The molecule has 0 saturated heterocycles. The van der Waals surface area contributed by atoms with Crippen molar-refractivity contribution in [3.63, 3.8) is 0 Å². The smallest absolute Gasteiger partial charge is 0.346 e. The molecule has 7 heteroatoms. The number of rotatable bonds is 4. The third kappa shape index (κ3) is 4.83. The molecule has 0 aliphatic rings. The first-order valence-electron chi connectivity index (χ1n) is 7.02. The van der Waals surface area contributed by atoms with E-state index < -0.39 is 17.6 Å². The Kier molecular flexibility index (Phi) is 5.62. The zero-order valence-electron chi connectivity index (χ0n) is 12.6. The molecule has 1 aromatic carbocycles. The highest BCUT2D eigenvalue weighted by molar-refractivity contribution is 6.31. The van der Waals surface area contributed by atoms with Crippen LogP contribution in [0.2, 0.25) is 5.02 Å². The summed E-state index contributed by atoms with van der Waals surface area (Å²) in [6.07, 6.45) is 1.17. The molecule has 2 rings (SSSR count). The summed E-state index contributed by atoms with van der Waals surface area (Å²) in [5.41, 5.74) is 0.174. The quantitative estimate of drug-likeness (QED) is 0.812. The molecule has 0 radical (unpaired) electrons. The first-order chi connectivity index (χ1) is 11.3. The molecule has 1 aromatic heterocycles. The van der Waals surface area contributed by atoms with Crippen LogP contribution in [0.1, 0.15) is 29.7 Å². The van der Waals surface area contributed by atoms with Crippen LogP contribution >= 0.6 is 11.6 Å². The molecule has 1 unspecified atom stereocenters. The van der Waals surface area contributed by atoms with Gasteiger partial charge in [0, 0.05) is 18.5 Å². The van der Waals surface area contributed by atoms with E-state index >= 15 is 0 Å². The third-order valence-electron chi connectivity index (χ3n) is 3.29. The summed E-state index contributed by atoms with van der Waals surface area (Å²) in [5.74, 6) is -0.414. The van der Waals surface area contributed by atoms with E-state index in [1.54, 1.807) is 31.5 Å². The summed E-state index contributed by atoms with van der Waals surface area (Å²) in [7, 11) is 0. The Bertz CT molecular complexity index is 745. The highest BCUT2D eigenvalue weighted by atomic mass is 35.5. The molecule has 0 spiro atoms. The number of pyridine rings is 1. The van der Waals surface area contributed by atoms with Crippen LogP contribution in [0.5, 0.6) is 0 Å². The van der Waals surface area contributed by atoms with Gasteiger partial charge in [-0.2, -0.15) is 13.2 Å². The largest absolute Gasteiger partial charge is 0.417 e. The number of halogens is 4. The first-order valence-corrected chi connectivity index (χ1v) is 7.40. The monoisotopic (exact) mass is 354 g/mol. The number of amides is 1. The number of alkyl halides is 3. The highest BCUT2D eigenvalue weighted by Gasteiger charge is 2.33. The minimum atomic E-state index is -4.54. The second-order valence-electron chi connectivity index (χ2n) is 5.08. The molecule has 0 fully saturated rings. The Morgan fingerprint density at radius 3 is 2.54 bits per heavy atom. The molecule has 0 aliphatic carbocycles. The van der Waals surface area contributed by atoms with Gasteiger partial charge < -0.3 is 5.32 Å². The van der Waals surface area contributed by atoms with Gasteiger partial charge >= 0.3 is 6.18 Å². The summed E-state index contributed by atoms with van der Waals surface area (Å²) < 4.78 is 38.4. The number of nitrogens with zero attached hydrogens (tertiary/aromatic N) is 1. The maximum atomic E-state index is 12.8. The lowest BCUT2D eigenvalue weighted by molar-refractivity contribution is -0.137. The average Bonchev–Trinajstić information content (AvgIpc) is 2.53. The fraction of sp³-hybridized carbons (Fsp3) is 0.176. The van der Waals surface area contributed by atoms with Gasteiger partial charge in [-0.05, 0) is 48.4 Å². The average molecular weight is 355 g/mol. The van der Waals surface area contributed by atoms with Crippen molar-refractivity contribution < 1.29 is 18.0 Å². The van der Waals surface area contributed by atoms with Crippen LogP contribution in [0.15, 0.2) is 48.8 Å². The Morgan fingerprint density at radius 1 is 1.25 bits per heavy atom. The molecule has 24 heavy (non-hydrogen) atoms. The second-order valence-corrected chi connectivity index (χ2v) is 5.49. The zero-order chi connectivity index (χ0) is 17.7. The van der Waals surface area contributed by atoms with Crippen LogP contribution in [-0.4, -0.2) is 10.9 Å². The molecular formula is C17H14ClF3N2O. The van der Waals surface area contributed by atoms with Crippen molar-refractivity contribution in [2.45, 2.75) is 19.1 Å². The topological polar surface area (TPSA) is 42.0 Å². The molecular weight excluding hydrogens is 341 g/mol. The lowest BCUT2D eigenvalue weighted by atomic mass is 10.1. The van der Waals surface area contributed by atoms with E-state index in [0.717, 1.165) is 17.7 Å². The van der Waals surface area contributed by atoms with E-state index in [0.29, 0.717) is 0 Å². The molecule has 3 nitrogen and oxygen atoms in total. The van der Waals surface area contributed by atoms with Crippen LogP contribution in [0.25, 0.3) is 6.08 Å². The third-order valence-corrected chi connectivity index (χ3v) is 3.62. The van der Waals surface area contributed by atoms with Gasteiger partial charge in [0.2, 0.25) is 5.91 Å². The van der Waals surface area contributed by atoms with Crippen molar-refractivity contribution in [3.8, 4) is 0 Å². The number of nitrogens with one attached hydrogen (secondary N) is 1. The van der Waals surface area contributed by atoms with Crippen molar-refractivity contribution in [2.75, 3.05) is 0 Å². The molecule has 1 atom stereocenters.